The number of piperidine rings is 1. The largest absolute Gasteiger partial charge is 0.488 e. The molecule has 0 bridgehead atoms. The van der Waals surface area contributed by atoms with Crippen LogP contribution in [0.4, 0.5) is 15.3 Å². The number of nitrogens with zero attached hydrogens (tertiary/aromatic N) is 2. The van der Waals surface area contributed by atoms with Gasteiger partial charge in [0.2, 0.25) is 6.10 Å². The van der Waals surface area contributed by atoms with Crippen molar-refractivity contribution in [3.8, 4) is 5.75 Å². The Balaban J connectivity index is 1.15. The molecule has 42 heavy (non-hydrogen) atoms. The van der Waals surface area contributed by atoms with Crippen LogP contribution in [-0.4, -0.2) is 64.8 Å². The van der Waals surface area contributed by atoms with E-state index in [1.165, 1.54) is 4.90 Å². The second kappa shape index (κ2) is 13.0. The number of carbonyl (C=O) groups excluding carboxylic acids is 2. The summed E-state index contributed by atoms with van der Waals surface area (Å²) in [5.41, 5.74) is 5.53. The minimum atomic E-state index is -1.32. The van der Waals surface area contributed by atoms with E-state index < -0.39 is 18.2 Å². The van der Waals surface area contributed by atoms with Gasteiger partial charge in [-0.25, -0.2) is 14.4 Å². The average molecular weight is 572 g/mol. The second-order valence-corrected chi connectivity index (χ2v) is 11.0. The summed E-state index contributed by atoms with van der Waals surface area (Å²) in [5, 5.41) is 12.9. The Morgan fingerprint density at radius 3 is 2.31 bits per heavy atom. The van der Waals surface area contributed by atoms with Gasteiger partial charge in [-0.1, -0.05) is 60.7 Å². The lowest BCUT2D eigenvalue weighted by Crippen LogP contribution is -2.50. The zero-order chi connectivity index (χ0) is 29.6. The van der Waals surface area contributed by atoms with E-state index in [0.717, 1.165) is 45.7 Å². The van der Waals surface area contributed by atoms with Crippen LogP contribution >= 0.6 is 0 Å². The van der Waals surface area contributed by atoms with Gasteiger partial charge in [0.1, 0.15) is 12.4 Å². The van der Waals surface area contributed by atoms with Crippen LogP contribution in [0.15, 0.2) is 66.7 Å². The lowest BCUT2D eigenvalue weighted by molar-refractivity contribution is -0.147. The van der Waals surface area contributed by atoms with Crippen molar-refractivity contribution in [2.75, 3.05) is 25.0 Å². The normalized spacial score (nSPS) is 16.2. The van der Waals surface area contributed by atoms with Crippen LogP contribution < -0.4 is 10.1 Å². The van der Waals surface area contributed by atoms with Crippen molar-refractivity contribution < 1.29 is 29.0 Å². The fraction of sp³-hybridized carbons (Fsp3) is 0.364. The molecule has 3 aromatic rings. The molecule has 0 spiro atoms. The molecule has 1 unspecified atom stereocenters. The van der Waals surface area contributed by atoms with Crippen LogP contribution in [0.1, 0.15) is 40.7 Å². The quantitative estimate of drug-likeness (QED) is 0.366. The van der Waals surface area contributed by atoms with E-state index in [0.29, 0.717) is 39.1 Å². The van der Waals surface area contributed by atoms with Crippen LogP contribution in [0.25, 0.3) is 0 Å². The molecule has 220 valence electrons. The Kier molecular flexibility index (Phi) is 8.95. The molecule has 1 saturated heterocycles. The molecule has 0 aromatic heterocycles. The summed E-state index contributed by atoms with van der Waals surface area (Å²) in [6, 6.07) is 21.3. The van der Waals surface area contributed by atoms with E-state index in [-0.39, 0.29) is 18.5 Å². The second-order valence-electron chi connectivity index (χ2n) is 11.0. The molecule has 2 heterocycles. The molecule has 1 atom stereocenters. The molecular weight excluding hydrogens is 534 g/mol. The van der Waals surface area contributed by atoms with Crippen LogP contribution in [0.5, 0.6) is 5.75 Å². The fourth-order valence-corrected chi connectivity index (χ4v) is 5.80. The summed E-state index contributed by atoms with van der Waals surface area (Å²) in [7, 11) is 0. The summed E-state index contributed by atoms with van der Waals surface area (Å²) >= 11 is 0. The number of urea groups is 1. The maximum absolute atomic E-state index is 13.0. The van der Waals surface area contributed by atoms with Crippen molar-refractivity contribution in [3.05, 3.63) is 94.5 Å². The molecular formula is C33H37N3O6. The highest BCUT2D eigenvalue weighted by atomic mass is 16.6. The number of rotatable bonds is 8. The molecule has 3 aromatic carbocycles. The zero-order valence-electron chi connectivity index (χ0n) is 24.0. The number of carboxylic acid groups (broad SMARTS) is 1. The van der Waals surface area contributed by atoms with Gasteiger partial charge in [0, 0.05) is 37.8 Å². The number of hydrogen-bond donors (Lipinski definition) is 2. The molecule has 1 fully saturated rings. The Hall–Kier alpha value is -4.53. The number of nitrogens with one attached hydrogen (secondary N) is 1. The van der Waals surface area contributed by atoms with Crippen LogP contribution in [0, 0.1) is 13.8 Å². The number of anilines is 1. The highest BCUT2D eigenvalue weighted by molar-refractivity contribution is 5.91. The zero-order valence-corrected chi connectivity index (χ0v) is 24.0. The molecule has 2 N–H and O–H groups in total. The number of carboxylic acids is 1. The Morgan fingerprint density at radius 1 is 0.952 bits per heavy atom. The predicted molar refractivity (Wildman–Crippen MR) is 159 cm³/mol. The Labute approximate surface area is 246 Å². The van der Waals surface area contributed by atoms with Gasteiger partial charge in [0.15, 0.2) is 0 Å². The van der Waals surface area contributed by atoms with Gasteiger partial charge in [-0.05, 0) is 67.0 Å². The first-order valence-corrected chi connectivity index (χ1v) is 14.4. The first-order chi connectivity index (χ1) is 20.3. The first kappa shape index (κ1) is 29.0. The van der Waals surface area contributed by atoms with Crippen molar-refractivity contribution in [1.29, 1.82) is 0 Å². The third-order valence-corrected chi connectivity index (χ3v) is 7.99. The maximum Gasteiger partial charge on any atom is 0.410 e. The number of benzene rings is 3. The molecule has 0 saturated carbocycles. The summed E-state index contributed by atoms with van der Waals surface area (Å²) in [4.78, 5) is 41.3. The predicted octanol–water partition coefficient (Wildman–Crippen LogP) is 5.57. The number of hydrogen-bond acceptors (Lipinski definition) is 5. The molecule has 0 aliphatic carbocycles. The smallest absolute Gasteiger partial charge is 0.410 e. The average Bonchev–Trinajstić information content (AvgIpc) is 3.15. The number of para-hydroxylation sites is 1. The summed E-state index contributed by atoms with van der Waals surface area (Å²) in [6.45, 7) is 5.66. The number of carbonyl (C=O) groups is 3. The minimum Gasteiger partial charge on any atom is -0.488 e. The lowest BCUT2D eigenvalue weighted by Gasteiger charge is -2.37. The molecule has 2 aliphatic rings. The number of fused-ring (bicyclic) bond motifs is 1. The van der Waals surface area contributed by atoms with Crippen molar-refractivity contribution in [2.45, 2.75) is 58.3 Å². The summed E-state index contributed by atoms with van der Waals surface area (Å²) < 4.78 is 11.5. The van der Waals surface area contributed by atoms with E-state index in [2.05, 4.69) is 5.32 Å². The van der Waals surface area contributed by atoms with Crippen molar-refractivity contribution in [2.24, 2.45) is 0 Å². The highest BCUT2D eigenvalue weighted by Crippen LogP contribution is 2.28. The summed E-state index contributed by atoms with van der Waals surface area (Å²) in [5.74, 6) is -0.435. The molecule has 9 heteroatoms. The van der Waals surface area contributed by atoms with Crippen molar-refractivity contribution in [3.63, 3.8) is 0 Å². The Morgan fingerprint density at radius 2 is 1.62 bits per heavy atom. The Bertz CT molecular complexity index is 1410. The van der Waals surface area contributed by atoms with Gasteiger partial charge in [-0.3, -0.25) is 0 Å². The van der Waals surface area contributed by atoms with E-state index in [1.54, 1.807) is 0 Å². The first-order valence-electron chi connectivity index (χ1n) is 14.4. The number of aliphatic carboxylic acids is 1. The van der Waals surface area contributed by atoms with E-state index in [1.807, 2.05) is 85.5 Å². The van der Waals surface area contributed by atoms with Gasteiger partial charge in [0.05, 0.1) is 0 Å². The van der Waals surface area contributed by atoms with Crippen molar-refractivity contribution in [1.82, 2.24) is 9.80 Å². The van der Waals surface area contributed by atoms with Crippen LogP contribution in [0.3, 0.4) is 0 Å². The van der Waals surface area contributed by atoms with E-state index in [4.69, 9.17) is 9.47 Å². The molecule has 3 amide bonds. The highest BCUT2D eigenvalue weighted by Gasteiger charge is 2.33. The fourth-order valence-electron chi connectivity index (χ4n) is 5.80. The van der Waals surface area contributed by atoms with Gasteiger partial charge in [0.25, 0.3) is 0 Å². The monoisotopic (exact) mass is 571 g/mol. The van der Waals surface area contributed by atoms with Gasteiger partial charge < -0.3 is 29.7 Å². The maximum atomic E-state index is 13.0. The molecule has 0 radical (unpaired) electrons. The lowest BCUT2D eigenvalue weighted by atomic mass is 10.0. The van der Waals surface area contributed by atoms with Crippen LogP contribution in [0.2, 0.25) is 0 Å². The standard InChI is InChI=1S/C33H37N3O6/c1-22-18-25(19-23(2)30(22)41-21-24-8-4-3-5-9-24)20-29(31(37)38)42-33(40)35-15-13-27(14-16-35)36-17-12-26-10-6-7-11-28(26)34-32(36)39/h3-11,18-19,27,29H,12-17,20-21H2,1-2H3,(H,34,39)(H,37,38). The molecule has 2 aliphatic heterocycles. The number of aryl methyl sites for hydroxylation is 2. The number of likely N-dealkylation sites (tertiary alicyclic amines) is 1. The van der Waals surface area contributed by atoms with Crippen molar-refractivity contribution >= 4 is 23.8 Å². The topological polar surface area (TPSA) is 108 Å². The van der Waals surface area contributed by atoms with Gasteiger partial charge in [-0.15, -0.1) is 0 Å². The van der Waals surface area contributed by atoms with Gasteiger partial charge in [-0.2, -0.15) is 0 Å². The molecule has 9 nitrogen and oxygen atoms in total. The molecule has 5 rings (SSSR count). The van der Waals surface area contributed by atoms with Crippen LogP contribution in [-0.2, 0) is 29.0 Å². The SMILES string of the molecule is Cc1cc(CC(OC(=O)N2CCC(N3CCc4ccccc4NC3=O)CC2)C(=O)O)cc(C)c1OCc1ccccc1. The minimum absolute atomic E-state index is 0.00722. The third-order valence-electron chi connectivity index (χ3n) is 7.99. The van der Waals surface area contributed by atoms with E-state index >= 15 is 0 Å². The summed E-state index contributed by atoms with van der Waals surface area (Å²) in [6.07, 6.45) is 0.0343. The number of ether oxygens (including phenoxy) is 2. The van der Waals surface area contributed by atoms with Gasteiger partial charge >= 0.3 is 18.1 Å². The van der Waals surface area contributed by atoms with E-state index in [9.17, 15) is 19.5 Å². The third kappa shape index (κ3) is 6.84. The number of amides is 3.